The quantitative estimate of drug-likeness (QED) is 0.0888. The van der Waals surface area contributed by atoms with Crippen molar-refractivity contribution < 1.29 is 4.42 Å². The highest BCUT2D eigenvalue weighted by atomic mass is 28.3. The third kappa shape index (κ3) is 5.61. The molecule has 1 heterocycles. The van der Waals surface area contributed by atoms with Gasteiger partial charge in [-0.3, -0.25) is 0 Å². The Labute approximate surface area is 361 Å². The van der Waals surface area contributed by atoms with Crippen molar-refractivity contribution in [2.24, 2.45) is 0 Å². The van der Waals surface area contributed by atoms with Gasteiger partial charge in [-0.15, -0.1) is 0 Å². The predicted molar refractivity (Wildman–Crippen MR) is 266 cm³/mol. The summed E-state index contributed by atoms with van der Waals surface area (Å²) in [5.41, 5.74) is 8.90. The zero-order chi connectivity index (χ0) is 41.0. The third-order valence-electron chi connectivity index (χ3n) is 13.0. The van der Waals surface area contributed by atoms with Crippen LogP contribution in [0.15, 0.2) is 247 Å². The lowest BCUT2D eigenvalue weighted by atomic mass is 9.84. The summed E-state index contributed by atoms with van der Waals surface area (Å²) in [6.45, 7) is 0. The Morgan fingerprint density at radius 2 is 0.710 bits per heavy atom. The van der Waals surface area contributed by atoms with E-state index >= 15 is 0 Å². The van der Waals surface area contributed by atoms with Crippen molar-refractivity contribution in [1.82, 2.24) is 0 Å². The van der Waals surface area contributed by atoms with Crippen LogP contribution in [0.4, 0.5) is 0 Å². The molecule has 0 aliphatic heterocycles. The van der Waals surface area contributed by atoms with Crippen LogP contribution in [0, 0.1) is 0 Å². The Hall–Kier alpha value is -7.78. The topological polar surface area (TPSA) is 13.1 Å². The lowest BCUT2D eigenvalue weighted by Crippen LogP contribution is -2.74. The van der Waals surface area contributed by atoms with Gasteiger partial charge in [-0.25, -0.2) is 0 Å². The minimum Gasteiger partial charge on any atom is -0.455 e. The Balaban J connectivity index is 1.12. The zero-order valence-corrected chi connectivity index (χ0v) is 35.0. The molecule has 0 spiro atoms. The second-order valence-corrected chi connectivity index (χ2v) is 20.1. The Kier molecular flexibility index (Phi) is 8.58. The van der Waals surface area contributed by atoms with E-state index in [2.05, 4.69) is 243 Å². The molecule has 0 amide bonds. The number of fused-ring (bicyclic) bond motifs is 6. The van der Waals surface area contributed by atoms with E-state index in [1.807, 2.05) is 0 Å². The summed E-state index contributed by atoms with van der Waals surface area (Å²) in [5.74, 6) is 0. The zero-order valence-electron chi connectivity index (χ0n) is 34.0. The second kappa shape index (κ2) is 14.7. The molecule has 290 valence electrons. The van der Waals surface area contributed by atoms with E-state index in [0.717, 1.165) is 33.1 Å². The molecule has 0 saturated carbocycles. The maximum absolute atomic E-state index is 6.92. The monoisotopic (exact) mass is 804 g/mol. The fourth-order valence-electron chi connectivity index (χ4n) is 10.3. The summed E-state index contributed by atoms with van der Waals surface area (Å²) in [7, 11) is -2.68. The van der Waals surface area contributed by atoms with Gasteiger partial charge in [-0.1, -0.05) is 224 Å². The third-order valence-corrected chi connectivity index (χ3v) is 17.8. The molecule has 1 nitrogen and oxygen atoms in total. The molecule has 0 atom stereocenters. The lowest BCUT2D eigenvalue weighted by Gasteiger charge is -2.34. The van der Waals surface area contributed by atoms with Crippen molar-refractivity contribution in [2.45, 2.75) is 0 Å². The second-order valence-electron chi connectivity index (χ2n) is 16.3. The average molecular weight is 805 g/mol. The summed E-state index contributed by atoms with van der Waals surface area (Å²) in [6, 6.07) is 89.4. The van der Waals surface area contributed by atoms with Crippen molar-refractivity contribution in [2.75, 3.05) is 0 Å². The van der Waals surface area contributed by atoms with Gasteiger partial charge in [0.1, 0.15) is 11.2 Å². The van der Waals surface area contributed by atoms with E-state index in [1.165, 1.54) is 75.3 Å². The van der Waals surface area contributed by atoms with Crippen LogP contribution < -0.4 is 20.7 Å². The maximum atomic E-state index is 6.92. The van der Waals surface area contributed by atoms with Crippen molar-refractivity contribution >= 4 is 83.1 Å². The highest BCUT2D eigenvalue weighted by molar-refractivity contribution is 7.19. The number of rotatable bonds is 7. The van der Waals surface area contributed by atoms with E-state index in [-0.39, 0.29) is 0 Å². The molecule has 12 aromatic rings. The fourth-order valence-corrected chi connectivity index (χ4v) is 15.1. The van der Waals surface area contributed by atoms with Gasteiger partial charge in [-0.05, 0) is 93.5 Å². The van der Waals surface area contributed by atoms with Gasteiger partial charge in [0.05, 0.1) is 0 Å². The molecule has 62 heavy (non-hydrogen) atoms. The normalized spacial score (nSPS) is 11.9. The van der Waals surface area contributed by atoms with E-state index in [9.17, 15) is 0 Å². The van der Waals surface area contributed by atoms with Crippen molar-refractivity contribution in [3.63, 3.8) is 0 Å². The molecule has 0 fully saturated rings. The van der Waals surface area contributed by atoms with Crippen LogP contribution >= 0.6 is 0 Å². The van der Waals surface area contributed by atoms with Gasteiger partial charge in [0.15, 0.2) is 8.07 Å². The van der Waals surface area contributed by atoms with Gasteiger partial charge in [-0.2, -0.15) is 0 Å². The van der Waals surface area contributed by atoms with Gasteiger partial charge in [0.2, 0.25) is 0 Å². The van der Waals surface area contributed by atoms with Crippen LogP contribution in [0.25, 0.3) is 87.6 Å². The maximum Gasteiger partial charge on any atom is 0.179 e. The highest BCUT2D eigenvalue weighted by Crippen LogP contribution is 2.48. The molecule has 0 aliphatic carbocycles. The average Bonchev–Trinajstić information content (AvgIpc) is 3.73. The lowest BCUT2D eigenvalue weighted by molar-refractivity contribution is 0.670. The summed E-state index contributed by atoms with van der Waals surface area (Å²) in [4.78, 5) is 0. The van der Waals surface area contributed by atoms with Crippen LogP contribution in [0.5, 0.6) is 0 Å². The van der Waals surface area contributed by atoms with Gasteiger partial charge in [0, 0.05) is 21.9 Å². The molecule has 0 aliphatic rings. The molecule has 12 rings (SSSR count). The first kappa shape index (κ1) is 36.1. The number of benzene rings is 11. The van der Waals surface area contributed by atoms with E-state index in [1.54, 1.807) is 0 Å². The smallest absolute Gasteiger partial charge is 0.179 e. The fraction of sp³-hybridized carbons (Fsp3) is 0. The molecular weight excluding hydrogens is 765 g/mol. The van der Waals surface area contributed by atoms with Gasteiger partial charge in [0.25, 0.3) is 0 Å². The summed E-state index contributed by atoms with van der Waals surface area (Å²) < 4.78 is 6.92. The first-order chi connectivity index (χ1) is 30.8. The molecule has 0 bridgehead atoms. The first-order valence-corrected chi connectivity index (χ1v) is 23.4. The summed E-state index contributed by atoms with van der Waals surface area (Å²) in [6.07, 6.45) is 0. The van der Waals surface area contributed by atoms with Crippen molar-refractivity contribution in [3.05, 3.63) is 243 Å². The summed E-state index contributed by atoms with van der Waals surface area (Å²) >= 11 is 0. The Morgan fingerprint density at radius 3 is 1.27 bits per heavy atom. The minimum atomic E-state index is -2.68. The standard InChI is InChI=1S/C60H40OSi/c1-4-21-44(22-5-1)62(45-23-6-2-7-24-45,46-25-8-3-9-26-46)47-37-35-41(36-38-47)43-39-55-49-28-16-17-34-57(49)61-60(55)56(40-43)59-53-31-14-12-29-51(53)58(52-30-13-15-32-54(52)59)50-33-18-20-42-19-10-11-27-48(42)50/h1-40H. The van der Waals surface area contributed by atoms with Crippen LogP contribution in [0.3, 0.4) is 0 Å². The molecule has 0 N–H and O–H groups in total. The van der Waals surface area contributed by atoms with E-state index in [4.69, 9.17) is 4.42 Å². The predicted octanol–water partition coefficient (Wildman–Crippen LogP) is 13.4. The van der Waals surface area contributed by atoms with Crippen LogP contribution in [-0.4, -0.2) is 8.07 Å². The first-order valence-electron chi connectivity index (χ1n) is 21.4. The number of furan rings is 1. The van der Waals surface area contributed by atoms with E-state index in [0.29, 0.717) is 0 Å². The van der Waals surface area contributed by atoms with Crippen LogP contribution in [0.1, 0.15) is 0 Å². The van der Waals surface area contributed by atoms with Crippen molar-refractivity contribution in [1.29, 1.82) is 0 Å². The Bertz CT molecular complexity index is 3450. The van der Waals surface area contributed by atoms with Gasteiger partial charge < -0.3 is 4.42 Å². The van der Waals surface area contributed by atoms with Gasteiger partial charge >= 0.3 is 0 Å². The highest BCUT2D eigenvalue weighted by Gasteiger charge is 2.41. The molecular formula is C60H40OSi. The molecule has 0 unspecified atom stereocenters. The molecule has 0 radical (unpaired) electrons. The van der Waals surface area contributed by atoms with E-state index < -0.39 is 8.07 Å². The molecule has 0 saturated heterocycles. The largest absolute Gasteiger partial charge is 0.455 e. The Morgan fingerprint density at radius 1 is 0.274 bits per heavy atom. The number of hydrogen-bond acceptors (Lipinski definition) is 1. The minimum absolute atomic E-state index is 0.890. The molecule has 1 aromatic heterocycles. The molecule has 11 aromatic carbocycles. The summed E-state index contributed by atoms with van der Waals surface area (Å²) in [5, 5.41) is 15.0. The number of hydrogen-bond donors (Lipinski definition) is 0. The van der Waals surface area contributed by atoms with Crippen LogP contribution in [0.2, 0.25) is 0 Å². The van der Waals surface area contributed by atoms with Crippen molar-refractivity contribution in [3.8, 4) is 33.4 Å². The number of para-hydroxylation sites is 1. The SMILES string of the molecule is c1ccc([Si](c2ccccc2)(c2ccccc2)c2ccc(-c3cc(-c4c5ccccc5c(-c5cccc6ccccc56)c5ccccc45)c4oc5ccccc5c4c3)cc2)cc1. The molecule has 2 heteroatoms. The van der Waals surface area contributed by atoms with Crippen LogP contribution in [-0.2, 0) is 0 Å².